The van der Waals surface area contributed by atoms with Crippen LogP contribution in [-0.2, 0) is 0 Å². The first kappa shape index (κ1) is 41.2. The highest BCUT2D eigenvalue weighted by Gasteiger charge is 2.20. The third-order valence-electron chi connectivity index (χ3n) is 14.3. The average Bonchev–Trinajstić information content (AvgIpc) is 4.14. The fraction of sp³-hybridized carbons (Fsp3) is 0. The smallest absolute Gasteiger partial charge is 0.182 e. The molecule has 0 N–H and O–H groups in total. The molecule has 15 rings (SSSR count). The van der Waals surface area contributed by atoms with Gasteiger partial charge in [-0.1, -0.05) is 182 Å². The second kappa shape index (κ2) is 16.5. The van der Waals surface area contributed by atoms with E-state index in [4.69, 9.17) is 24.4 Å². The fourth-order valence-electron chi connectivity index (χ4n) is 10.7. The molecule has 0 bridgehead atoms. The van der Waals surface area contributed by atoms with E-state index in [1.165, 1.54) is 63.9 Å². The van der Waals surface area contributed by atoms with Gasteiger partial charge in [0.1, 0.15) is 11.3 Å². The summed E-state index contributed by atoms with van der Waals surface area (Å²) >= 11 is 1.78. The van der Waals surface area contributed by atoms with Crippen molar-refractivity contribution in [3.63, 3.8) is 0 Å². The van der Waals surface area contributed by atoms with Crippen LogP contribution in [0.2, 0.25) is 0 Å². The molecule has 0 unspecified atom stereocenters. The highest BCUT2D eigenvalue weighted by molar-refractivity contribution is 7.25. The molecular weight excluding hydrogens is 911 g/mol. The minimum absolute atomic E-state index is 0.487. The molecule has 5 heterocycles. The molecule has 0 atom stereocenters. The van der Waals surface area contributed by atoms with Crippen molar-refractivity contribution in [3.05, 3.63) is 237 Å². The molecule has 0 aliphatic carbocycles. The zero-order chi connectivity index (χ0) is 48.0. The van der Waals surface area contributed by atoms with Crippen LogP contribution in [0.4, 0.5) is 0 Å². The van der Waals surface area contributed by atoms with Gasteiger partial charge < -0.3 is 8.98 Å². The van der Waals surface area contributed by atoms with Gasteiger partial charge in [0.15, 0.2) is 23.1 Å². The molecule has 73 heavy (non-hydrogen) atoms. The number of rotatable bonds is 7. The minimum atomic E-state index is 0.487. The van der Waals surface area contributed by atoms with Crippen molar-refractivity contribution in [3.8, 4) is 73.4 Å². The number of pyridine rings is 1. The maximum absolute atomic E-state index is 6.17. The first-order valence-corrected chi connectivity index (χ1v) is 25.2. The van der Waals surface area contributed by atoms with E-state index in [0.717, 1.165) is 55.4 Å². The van der Waals surface area contributed by atoms with Crippen LogP contribution < -0.4 is 0 Å². The summed E-state index contributed by atoms with van der Waals surface area (Å²) in [5.41, 5.74) is 14.2. The molecule has 5 aromatic heterocycles. The van der Waals surface area contributed by atoms with Gasteiger partial charge in [0.05, 0.1) is 17.2 Å². The van der Waals surface area contributed by atoms with Gasteiger partial charge in [-0.2, -0.15) is 0 Å². The highest BCUT2D eigenvalue weighted by Crippen LogP contribution is 2.41. The minimum Gasteiger partial charge on any atom is -0.454 e. The number of thiophene rings is 1. The molecule has 0 aliphatic rings. The molecule has 0 saturated heterocycles. The van der Waals surface area contributed by atoms with Crippen molar-refractivity contribution >= 4 is 86.0 Å². The van der Waals surface area contributed by atoms with E-state index >= 15 is 0 Å². The van der Waals surface area contributed by atoms with Crippen LogP contribution in [0.5, 0.6) is 0 Å². The van der Waals surface area contributed by atoms with Gasteiger partial charge in [0, 0.05) is 63.9 Å². The summed E-state index contributed by atoms with van der Waals surface area (Å²) in [7, 11) is 0. The van der Waals surface area contributed by atoms with E-state index in [0.29, 0.717) is 28.8 Å². The number of furan rings is 1. The molecular formula is C66H39N5OS. The molecule has 7 heteroatoms. The lowest BCUT2D eigenvalue weighted by Crippen LogP contribution is -2.01. The second-order valence-corrected chi connectivity index (χ2v) is 19.7. The summed E-state index contributed by atoms with van der Waals surface area (Å²) < 4.78 is 11.0. The number of fused-ring (bicyclic) bond motifs is 11. The Morgan fingerprint density at radius 2 is 0.932 bits per heavy atom. The summed E-state index contributed by atoms with van der Waals surface area (Å²) in [5, 5.41) is 9.28. The van der Waals surface area contributed by atoms with Crippen LogP contribution >= 0.6 is 11.3 Å². The standard InChI is InChI=1S/C66H39N5OS/c1-2-12-40(13-3-1)41-24-26-42(27-25-41)46-29-31-51-55-33-28-43-14-4-5-19-50(43)63(55)71(58(51)36-46)49-18-11-16-45(35-49)44-15-10-17-47(34-44)64-68-65(48-30-32-54-53-21-7-9-23-61(53)73-62(54)37-48)70-66(69-64)57-38-56-52-20-6-8-22-59(52)72-60(56)39-67-57/h1-39H. The van der Waals surface area contributed by atoms with Crippen molar-refractivity contribution in [2.75, 3.05) is 0 Å². The fourth-order valence-corrected chi connectivity index (χ4v) is 11.9. The van der Waals surface area contributed by atoms with Gasteiger partial charge in [0.25, 0.3) is 0 Å². The van der Waals surface area contributed by atoms with Crippen molar-refractivity contribution in [2.24, 2.45) is 0 Å². The van der Waals surface area contributed by atoms with Crippen LogP contribution in [0.25, 0.3) is 148 Å². The number of para-hydroxylation sites is 1. The van der Waals surface area contributed by atoms with E-state index in [9.17, 15) is 0 Å². The van der Waals surface area contributed by atoms with Crippen molar-refractivity contribution in [1.82, 2.24) is 24.5 Å². The Labute approximate surface area is 422 Å². The van der Waals surface area contributed by atoms with E-state index in [-0.39, 0.29) is 0 Å². The number of aromatic nitrogens is 5. The summed E-state index contributed by atoms with van der Waals surface area (Å²) in [6.45, 7) is 0. The van der Waals surface area contributed by atoms with Crippen molar-refractivity contribution < 1.29 is 4.42 Å². The summed E-state index contributed by atoms with van der Waals surface area (Å²) in [6, 6.07) is 82.1. The van der Waals surface area contributed by atoms with Crippen LogP contribution in [0.1, 0.15) is 0 Å². The lowest BCUT2D eigenvalue weighted by Gasteiger charge is -2.13. The van der Waals surface area contributed by atoms with Crippen molar-refractivity contribution in [1.29, 1.82) is 0 Å². The Kier molecular flexibility index (Phi) is 9.33. The normalized spacial score (nSPS) is 11.8. The van der Waals surface area contributed by atoms with Crippen LogP contribution in [0, 0.1) is 0 Å². The largest absolute Gasteiger partial charge is 0.454 e. The van der Waals surface area contributed by atoms with Gasteiger partial charge in [-0.25, -0.2) is 19.9 Å². The van der Waals surface area contributed by atoms with Crippen LogP contribution in [0.3, 0.4) is 0 Å². The zero-order valence-corrected chi connectivity index (χ0v) is 39.9. The molecule has 0 amide bonds. The first-order chi connectivity index (χ1) is 36.1. The van der Waals surface area contributed by atoms with Gasteiger partial charge in [-0.3, -0.25) is 0 Å². The quantitative estimate of drug-likeness (QED) is 0.159. The molecule has 0 fully saturated rings. The van der Waals surface area contributed by atoms with E-state index in [2.05, 4.69) is 211 Å². The molecule has 10 aromatic carbocycles. The maximum Gasteiger partial charge on any atom is 0.182 e. The van der Waals surface area contributed by atoms with Crippen molar-refractivity contribution in [2.45, 2.75) is 0 Å². The Balaban J connectivity index is 0.868. The molecule has 6 nitrogen and oxygen atoms in total. The molecule has 0 spiro atoms. The van der Waals surface area contributed by atoms with Crippen LogP contribution in [-0.4, -0.2) is 24.5 Å². The summed E-state index contributed by atoms with van der Waals surface area (Å²) in [4.78, 5) is 20.5. The third-order valence-corrected chi connectivity index (χ3v) is 15.4. The Hall–Kier alpha value is -9.56. The molecule has 340 valence electrons. The maximum atomic E-state index is 6.17. The number of nitrogens with zero attached hydrogens (tertiary/aromatic N) is 5. The molecule has 0 saturated carbocycles. The Morgan fingerprint density at radius 1 is 0.342 bits per heavy atom. The van der Waals surface area contributed by atoms with Crippen LogP contribution in [0.15, 0.2) is 241 Å². The molecule has 0 radical (unpaired) electrons. The number of benzene rings is 10. The third kappa shape index (κ3) is 6.93. The monoisotopic (exact) mass is 949 g/mol. The Bertz CT molecular complexity index is 4680. The SMILES string of the molecule is c1ccc(-c2ccc(-c3ccc4c5ccc6ccccc6c5n(-c5cccc(-c6cccc(-c7nc(-c8ccc9c(c8)sc8ccccc89)nc(-c8cc9c(cn8)oc8ccccc89)n7)c6)c5)c4c3)cc2)cc1. The second-order valence-electron chi connectivity index (χ2n) is 18.6. The lowest BCUT2D eigenvalue weighted by molar-refractivity contribution is 0.667. The van der Waals surface area contributed by atoms with Gasteiger partial charge in [-0.05, 0) is 87.3 Å². The zero-order valence-electron chi connectivity index (χ0n) is 39.1. The average molecular weight is 950 g/mol. The van der Waals surface area contributed by atoms with E-state index in [1.807, 2.05) is 24.3 Å². The lowest BCUT2D eigenvalue weighted by atomic mass is 9.99. The van der Waals surface area contributed by atoms with E-state index in [1.54, 1.807) is 17.5 Å². The number of hydrogen-bond acceptors (Lipinski definition) is 6. The summed E-state index contributed by atoms with van der Waals surface area (Å²) in [6.07, 6.45) is 1.77. The topological polar surface area (TPSA) is 69.6 Å². The van der Waals surface area contributed by atoms with Gasteiger partial charge in [0.2, 0.25) is 0 Å². The Morgan fingerprint density at radius 3 is 1.79 bits per heavy atom. The first-order valence-electron chi connectivity index (χ1n) is 24.4. The number of hydrogen-bond donors (Lipinski definition) is 0. The molecule has 0 aliphatic heterocycles. The predicted octanol–water partition coefficient (Wildman–Crippen LogP) is 17.8. The van der Waals surface area contributed by atoms with Gasteiger partial charge in [-0.15, -0.1) is 11.3 Å². The molecule has 15 aromatic rings. The van der Waals surface area contributed by atoms with E-state index < -0.39 is 0 Å². The summed E-state index contributed by atoms with van der Waals surface area (Å²) in [5.74, 6) is 1.63. The van der Waals surface area contributed by atoms with Gasteiger partial charge >= 0.3 is 0 Å². The highest BCUT2D eigenvalue weighted by atomic mass is 32.1. The predicted molar refractivity (Wildman–Crippen MR) is 302 cm³/mol.